The van der Waals surface area contributed by atoms with E-state index in [1.807, 2.05) is 0 Å². The zero-order valence-electron chi connectivity index (χ0n) is 10.2. The molecule has 1 heterocycles. The maximum absolute atomic E-state index is 11.8. The van der Waals surface area contributed by atoms with Crippen molar-refractivity contribution in [2.24, 2.45) is 0 Å². The molecule has 0 bridgehead atoms. The molecule has 0 saturated carbocycles. The Balaban J connectivity index is 2.01. The summed E-state index contributed by atoms with van der Waals surface area (Å²) in [4.78, 5) is 26.8. The van der Waals surface area contributed by atoms with Crippen molar-refractivity contribution < 1.29 is 14.7 Å². The first-order valence-electron chi connectivity index (χ1n) is 5.59. The van der Waals surface area contributed by atoms with Crippen molar-refractivity contribution >= 4 is 28.2 Å². The number of nitrogens with one attached hydrogen (secondary N) is 1. The number of para-hydroxylation sites is 1. The lowest BCUT2D eigenvalue weighted by Gasteiger charge is -2.03. The number of carbonyl (C=O) groups excluding carboxylic acids is 2. The lowest BCUT2D eigenvalue weighted by molar-refractivity contribution is -0.115. The molecule has 0 atom stereocenters. The van der Waals surface area contributed by atoms with Gasteiger partial charge in [0.2, 0.25) is 5.91 Å². The maximum atomic E-state index is 11.8. The smallest absolute Gasteiger partial charge is 0.230 e. The Kier molecular flexibility index (Phi) is 3.91. The van der Waals surface area contributed by atoms with Gasteiger partial charge in [0.05, 0.1) is 6.42 Å². The number of Topliss-reactive ketones (excluding diaryl/α,β-unsaturated/α-hetero) is 1. The molecule has 0 radical (unpaired) electrons. The molecule has 0 aliphatic carbocycles. The fraction of sp³-hybridized carbons (Fsp3) is 0.154. The van der Waals surface area contributed by atoms with Gasteiger partial charge in [-0.25, -0.2) is 4.98 Å². The summed E-state index contributed by atoms with van der Waals surface area (Å²) in [6.45, 7) is 1.42. The van der Waals surface area contributed by atoms with E-state index in [9.17, 15) is 14.7 Å². The highest BCUT2D eigenvalue weighted by Crippen LogP contribution is 2.19. The predicted octanol–water partition coefficient (Wildman–Crippen LogP) is 2.23. The van der Waals surface area contributed by atoms with Gasteiger partial charge in [0, 0.05) is 17.9 Å². The van der Waals surface area contributed by atoms with Crippen molar-refractivity contribution in [3.8, 4) is 5.75 Å². The van der Waals surface area contributed by atoms with Gasteiger partial charge in [-0.2, -0.15) is 0 Å². The molecule has 1 aromatic carbocycles. The number of carbonyl (C=O) groups is 2. The number of aromatic nitrogens is 1. The largest absolute Gasteiger partial charge is 0.508 e. The third kappa shape index (κ3) is 3.38. The second-order valence-electron chi connectivity index (χ2n) is 3.95. The zero-order valence-corrected chi connectivity index (χ0v) is 11.0. The highest BCUT2D eigenvalue weighted by molar-refractivity contribution is 7.14. The highest BCUT2D eigenvalue weighted by Gasteiger charge is 2.11. The van der Waals surface area contributed by atoms with Crippen LogP contribution in [0.5, 0.6) is 5.75 Å². The average Bonchev–Trinajstić information content (AvgIpc) is 2.80. The molecule has 5 nitrogen and oxygen atoms in total. The van der Waals surface area contributed by atoms with Crippen LogP contribution < -0.4 is 5.32 Å². The van der Waals surface area contributed by atoms with E-state index in [1.54, 1.807) is 23.6 Å². The molecule has 0 aliphatic heterocycles. The number of anilines is 1. The number of hydrogen-bond acceptors (Lipinski definition) is 5. The number of phenols is 1. The standard InChI is InChI=1S/C13H12N2O3S/c1-8(16)10-7-19-13(14-10)15-12(18)6-9-4-2-3-5-11(9)17/h2-5,7,17H,6H2,1H3,(H,14,15,18). The summed E-state index contributed by atoms with van der Waals surface area (Å²) in [6, 6.07) is 6.65. The van der Waals surface area contributed by atoms with Crippen LogP contribution in [0, 0.1) is 0 Å². The zero-order chi connectivity index (χ0) is 13.8. The van der Waals surface area contributed by atoms with Crippen LogP contribution in [0.3, 0.4) is 0 Å². The molecular formula is C13H12N2O3S. The third-order valence-electron chi connectivity index (χ3n) is 2.45. The van der Waals surface area contributed by atoms with E-state index in [0.717, 1.165) is 0 Å². The minimum absolute atomic E-state index is 0.0572. The number of nitrogens with zero attached hydrogens (tertiary/aromatic N) is 1. The van der Waals surface area contributed by atoms with Gasteiger partial charge in [-0.3, -0.25) is 9.59 Å². The van der Waals surface area contributed by atoms with Gasteiger partial charge in [-0.15, -0.1) is 11.3 Å². The van der Waals surface area contributed by atoms with Gasteiger partial charge in [-0.05, 0) is 6.07 Å². The molecule has 1 aromatic heterocycles. The van der Waals surface area contributed by atoms with E-state index >= 15 is 0 Å². The number of ketones is 1. The van der Waals surface area contributed by atoms with Crippen molar-refractivity contribution in [2.45, 2.75) is 13.3 Å². The Morgan fingerprint density at radius 1 is 1.37 bits per heavy atom. The molecule has 0 aliphatic rings. The van der Waals surface area contributed by atoms with Crippen LogP contribution in [0.25, 0.3) is 0 Å². The summed E-state index contributed by atoms with van der Waals surface area (Å²) < 4.78 is 0. The summed E-state index contributed by atoms with van der Waals surface area (Å²) in [5, 5.41) is 14.1. The number of rotatable bonds is 4. The number of thiazole rings is 1. The Labute approximate surface area is 113 Å². The van der Waals surface area contributed by atoms with Crippen molar-refractivity contribution in [2.75, 3.05) is 5.32 Å². The van der Waals surface area contributed by atoms with Gasteiger partial charge in [-0.1, -0.05) is 18.2 Å². The van der Waals surface area contributed by atoms with Crippen molar-refractivity contribution in [1.29, 1.82) is 0 Å². The number of hydrogen-bond donors (Lipinski definition) is 2. The summed E-state index contributed by atoms with van der Waals surface area (Å²) in [5.74, 6) is -0.343. The average molecular weight is 276 g/mol. The Bertz CT molecular complexity index is 622. The number of aromatic hydroxyl groups is 1. The Hall–Kier alpha value is -2.21. The van der Waals surface area contributed by atoms with E-state index in [0.29, 0.717) is 16.4 Å². The van der Waals surface area contributed by atoms with E-state index in [-0.39, 0.29) is 23.9 Å². The molecule has 0 saturated heterocycles. The molecule has 2 N–H and O–H groups in total. The third-order valence-corrected chi connectivity index (χ3v) is 3.21. The van der Waals surface area contributed by atoms with E-state index in [1.165, 1.54) is 24.3 Å². The maximum Gasteiger partial charge on any atom is 0.230 e. The molecular weight excluding hydrogens is 264 g/mol. The van der Waals surface area contributed by atoms with E-state index < -0.39 is 0 Å². The fourth-order valence-electron chi connectivity index (χ4n) is 1.49. The van der Waals surface area contributed by atoms with Gasteiger partial charge < -0.3 is 10.4 Å². The van der Waals surface area contributed by atoms with Crippen LogP contribution in [0.4, 0.5) is 5.13 Å². The molecule has 6 heteroatoms. The summed E-state index contributed by atoms with van der Waals surface area (Å²) in [6.07, 6.45) is 0.0572. The molecule has 0 spiro atoms. The van der Waals surface area contributed by atoms with Crippen LogP contribution in [-0.4, -0.2) is 21.8 Å². The number of benzene rings is 1. The van der Waals surface area contributed by atoms with Crippen LogP contribution in [0.1, 0.15) is 23.0 Å². The van der Waals surface area contributed by atoms with Crippen LogP contribution in [-0.2, 0) is 11.2 Å². The quantitative estimate of drug-likeness (QED) is 0.839. The van der Waals surface area contributed by atoms with Crippen molar-refractivity contribution in [3.05, 3.63) is 40.9 Å². The summed E-state index contributed by atoms with van der Waals surface area (Å²) >= 11 is 1.19. The molecule has 2 rings (SSSR count). The van der Waals surface area contributed by atoms with Gasteiger partial charge in [0.1, 0.15) is 11.4 Å². The molecule has 0 unspecified atom stereocenters. The molecule has 0 fully saturated rings. The minimum atomic E-state index is -0.286. The first kappa shape index (κ1) is 13.2. The normalized spacial score (nSPS) is 10.2. The molecule has 2 aromatic rings. The van der Waals surface area contributed by atoms with Crippen LogP contribution in [0.15, 0.2) is 29.6 Å². The number of phenolic OH excluding ortho intramolecular Hbond substituents is 1. The first-order valence-corrected chi connectivity index (χ1v) is 6.47. The molecule has 1 amide bonds. The second kappa shape index (κ2) is 5.62. The van der Waals surface area contributed by atoms with Gasteiger partial charge >= 0.3 is 0 Å². The Morgan fingerprint density at radius 3 is 2.74 bits per heavy atom. The SMILES string of the molecule is CC(=O)c1csc(NC(=O)Cc2ccccc2O)n1. The topological polar surface area (TPSA) is 79.3 Å². The lowest BCUT2D eigenvalue weighted by Crippen LogP contribution is -2.14. The first-order chi connectivity index (χ1) is 9.06. The van der Waals surface area contributed by atoms with Gasteiger partial charge in [0.25, 0.3) is 0 Å². The Morgan fingerprint density at radius 2 is 2.11 bits per heavy atom. The van der Waals surface area contributed by atoms with E-state index in [4.69, 9.17) is 0 Å². The monoisotopic (exact) mass is 276 g/mol. The lowest BCUT2D eigenvalue weighted by atomic mass is 10.1. The van der Waals surface area contributed by atoms with Crippen molar-refractivity contribution in [1.82, 2.24) is 4.98 Å². The van der Waals surface area contributed by atoms with E-state index in [2.05, 4.69) is 10.3 Å². The van der Waals surface area contributed by atoms with Crippen molar-refractivity contribution in [3.63, 3.8) is 0 Å². The minimum Gasteiger partial charge on any atom is -0.508 e. The van der Waals surface area contributed by atoms with Crippen LogP contribution in [0.2, 0.25) is 0 Å². The summed E-state index contributed by atoms with van der Waals surface area (Å²) in [5.41, 5.74) is 0.881. The predicted molar refractivity (Wildman–Crippen MR) is 72.6 cm³/mol. The van der Waals surface area contributed by atoms with Crippen LogP contribution >= 0.6 is 11.3 Å². The number of amides is 1. The highest BCUT2D eigenvalue weighted by atomic mass is 32.1. The second-order valence-corrected chi connectivity index (χ2v) is 4.81. The molecule has 19 heavy (non-hydrogen) atoms. The molecule has 98 valence electrons. The fourth-order valence-corrected chi connectivity index (χ4v) is 2.26. The van der Waals surface area contributed by atoms with Gasteiger partial charge in [0.15, 0.2) is 10.9 Å². The summed E-state index contributed by atoms with van der Waals surface area (Å²) in [7, 11) is 0.